The van der Waals surface area contributed by atoms with Gasteiger partial charge in [0, 0.05) is 30.2 Å². The SMILES string of the molecule is [CH2]C12CCC(CC1)N2C(=O)/C(C#N)=C/C(C)(C)N1C[C@@H](C)O[C@@H](C)C1. The van der Waals surface area contributed by atoms with Gasteiger partial charge in [-0.25, -0.2) is 0 Å². The lowest BCUT2D eigenvalue weighted by Crippen LogP contribution is -2.54. The van der Waals surface area contributed by atoms with Gasteiger partial charge in [-0.2, -0.15) is 5.26 Å². The highest BCUT2D eigenvalue weighted by atomic mass is 16.5. The van der Waals surface area contributed by atoms with Crippen molar-refractivity contribution < 1.29 is 9.53 Å². The topological polar surface area (TPSA) is 56.6 Å². The molecule has 0 spiro atoms. The maximum absolute atomic E-state index is 13.1. The van der Waals surface area contributed by atoms with Crippen LogP contribution >= 0.6 is 0 Å². The van der Waals surface area contributed by atoms with Gasteiger partial charge >= 0.3 is 0 Å². The molecule has 0 aromatic rings. The lowest BCUT2D eigenvalue weighted by atomic mass is 9.89. The van der Waals surface area contributed by atoms with Gasteiger partial charge in [-0.1, -0.05) is 0 Å². The fraction of sp³-hybridized carbons (Fsp3) is 0.750. The number of hydrogen-bond donors (Lipinski definition) is 0. The van der Waals surface area contributed by atoms with Crippen LogP contribution in [0.25, 0.3) is 0 Å². The van der Waals surface area contributed by atoms with Crippen molar-refractivity contribution >= 4 is 5.91 Å². The molecule has 0 aromatic heterocycles. The summed E-state index contributed by atoms with van der Waals surface area (Å²) in [4.78, 5) is 17.3. The zero-order valence-electron chi connectivity index (χ0n) is 15.9. The van der Waals surface area contributed by atoms with Crippen LogP contribution in [0.3, 0.4) is 0 Å². The molecule has 3 fully saturated rings. The number of nitriles is 1. The number of carbonyl (C=O) groups is 1. The molecule has 0 aliphatic carbocycles. The van der Waals surface area contributed by atoms with Crippen LogP contribution in [0.15, 0.2) is 11.6 Å². The van der Waals surface area contributed by atoms with Crippen molar-refractivity contribution in [2.45, 2.75) is 82.7 Å². The van der Waals surface area contributed by atoms with E-state index >= 15 is 0 Å². The van der Waals surface area contributed by atoms with Crippen LogP contribution < -0.4 is 0 Å². The molecule has 0 N–H and O–H groups in total. The minimum Gasteiger partial charge on any atom is -0.373 e. The van der Waals surface area contributed by atoms with E-state index in [1.807, 2.05) is 11.0 Å². The number of fused-ring (bicyclic) bond motifs is 2. The zero-order valence-corrected chi connectivity index (χ0v) is 15.9. The van der Waals surface area contributed by atoms with Gasteiger partial charge in [-0.3, -0.25) is 9.69 Å². The molecule has 1 amide bonds. The van der Waals surface area contributed by atoms with E-state index in [-0.39, 0.29) is 40.8 Å². The van der Waals surface area contributed by atoms with Gasteiger partial charge in [0.15, 0.2) is 0 Å². The first kappa shape index (κ1) is 18.4. The summed E-state index contributed by atoms with van der Waals surface area (Å²) in [5.41, 5.74) is -0.428. The quantitative estimate of drug-likeness (QED) is 0.583. The summed E-state index contributed by atoms with van der Waals surface area (Å²) in [5.74, 6) is -0.139. The summed E-state index contributed by atoms with van der Waals surface area (Å²) in [5, 5.41) is 9.67. The second-order valence-corrected chi connectivity index (χ2v) is 8.62. The highest BCUT2D eigenvalue weighted by Gasteiger charge is 2.51. The van der Waals surface area contributed by atoms with E-state index < -0.39 is 0 Å². The van der Waals surface area contributed by atoms with E-state index in [0.717, 1.165) is 38.8 Å². The second-order valence-electron chi connectivity index (χ2n) is 8.62. The number of amides is 1. The third kappa shape index (κ3) is 3.35. The molecule has 0 unspecified atom stereocenters. The van der Waals surface area contributed by atoms with E-state index in [0.29, 0.717) is 0 Å². The van der Waals surface area contributed by atoms with Crippen LogP contribution in [0.2, 0.25) is 0 Å². The highest BCUT2D eigenvalue weighted by molar-refractivity contribution is 5.98. The second kappa shape index (κ2) is 6.41. The molecule has 0 saturated carbocycles. The molecule has 3 heterocycles. The molecule has 2 bridgehead atoms. The third-order valence-electron chi connectivity index (χ3n) is 6.06. The van der Waals surface area contributed by atoms with Crippen molar-refractivity contribution in [3.8, 4) is 6.07 Å². The number of rotatable bonds is 3. The third-order valence-corrected chi connectivity index (χ3v) is 6.06. The minimum atomic E-state index is -0.375. The molecular formula is C20H30N3O2. The summed E-state index contributed by atoms with van der Waals surface area (Å²) < 4.78 is 5.81. The first-order chi connectivity index (χ1) is 11.7. The van der Waals surface area contributed by atoms with Gasteiger partial charge in [0.2, 0.25) is 0 Å². The molecule has 3 rings (SSSR count). The summed E-state index contributed by atoms with van der Waals surface area (Å²) in [6.07, 6.45) is 6.06. The molecule has 3 aliphatic rings. The molecule has 5 nitrogen and oxygen atoms in total. The van der Waals surface area contributed by atoms with Gasteiger partial charge in [-0.15, -0.1) is 0 Å². The smallest absolute Gasteiger partial charge is 0.264 e. The molecule has 137 valence electrons. The fourth-order valence-electron chi connectivity index (χ4n) is 4.77. The summed E-state index contributed by atoms with van der Waals surface area (Å²) in [6.45, 7) is 14.2. The Balaban J connectivity index is 1.82. The highest BCUT2D eigenvalue weighted by Crippen LogP contribution is 2.46. The fourth-order valence-corrected chi connectivity index (χ4v) is 4.77. The van der Waals surface area contributed by atoms with E-state index in [9.17, 15) is 10.1 Å². The molecule has 1 radical (unpaired) electrons. The molecule has 5 heteroatoms. The Kier molecular flexibility index (Phi) is 4.72. The number of hydrogen-bond acceptors (Lipinski definition) is 4. The first-order valence-electron chi connectivity index (χ1n) is 9.39. The Morgan fingerprint density at radius 2 is 1.84 bits per heavy atom. The van der Waals surface area contributed by atoms with Crippen LogP contribution in [0.5, 0.6) is 0 Å². The summed E-state index contributed by atoms with van der Waals surface area (Å²) >= 11 is 0. The molecular weight excluding hydrogens is 314 g/mol. The Bertz CT molecular complexity index is 601. The monoisotopic (exact) mass is 344 g/mol. The van der Waals surface area contributed by atoms with Gasteiger partial charge < -0.3 is 9.64 Å². The molecule has 25 heavy (non-hydrogen) atoms. The van der Waals surface area contributed by atoms with Crippen LogP contribution in [-0.2, 0) is 9.53 Å². The standard InChI is InChI=1S/C20H30N3O2/c1-14-12-22(13-15(2)25-14)19(3,4)10-16(11-21)18(24)23-17-6-8-20(23,5)9-7-17/h10,14-15,17H,5-9,12-13H2,1-4H3/b16-10+/t14-,15+,17?,20?. The van der Waals surface area contributed by atoms with Crippen molar-refractivity contribution in [3.05, 3.63) is 18.6 Å². The van der Waals surface area contributed by atoms with Crippen molar-refractivity contribution in [2.75, 3.05) is 13.1 Å². The summed E-state index contributed by atoms with van der Waals surface area (Å²) in [6, 6.07) is 2.42. The molecule has 3 aliphatic heterocycles. The number of morpholine rings is 1. The molecule has 3 saturated heterocycles. The van der Waals surface area contributed by atoms with Gasteiger partial charge in [0.05, 0.1) is 12.2 Å². The Hall–Kier alpha value is -1.38. The average Bonchev–Trinajstić information content (AvgIpc) is 3.03. The van der Waals surface area contributed by atoms with Crippen molar-refractivity contribution in [3.63, 3.8) is 0 Å². The Labute approximate surface area is 151 Å². The van der Waals surface area contributed by atoms with E-state index in [1.165, 1.54) is 0 Å². The van der Waals surface area contributed by atoms with Gasteiger partial charge in [0.1, 0.15) is 11.6 Å². The van der Waals surface area contributed by atoms with Crippen molar-refractivity contribution in [1.82, 2.24) is 9.80 Å². The first-order valence-corrected chi connectivity index (χ1v) is 9.39. The average molecular weight is 344 g/mol. The lowest BCUT2D eigenvalue weighted by molar-refractivity contribution is -0.129. The van der Waals surface area contributed by atoms with Crippen molar-refractivity contribution in [1.29, 1.82) is 5.26 Å². The summed E-state index contributed by atoms with van der Waals surface area (Å²) in [7, 11) is 0. The molecule has 0 aromatic carbocycles. The van der Waals surface area contributed by atoms with E-state index in [2.05, 4.69) is 45.6 Å². The van der Waals surface area contributed by atoms with Gasteiger partial charge in [-0.05, 0) is 66.4 Å². The largest absolute Gasteiger partial charge is 0.373 e. The van der Waals surface area contributed by atoms with Crippen LogP contribution in [-0.4, -0.2) is 58.1 Å². The minimum absolute atomic E-state index is 0.139. The number of carbonyl (C=O) groups excluding carboxylic acids is 1. The van der Waals surface area contributed by atoms with Crippen LogP contribution in [0.1, 0.15) is 53.4 Å². The Morgan fingerprint density at radius 1 is 1.28 bits per heavy atom. The normalized spacial score (nSPS) is 36.6. The lowest BCUT2D eigenvalue weighted by Gasteiger charge is -2.44. The van der Waals surface area contributed by atoms with Crippen molar-refractivity contribution in [2.24, 2.45) is 0 Å². The van der Waals surface area contributed by atoms with Gasteiger partial charge in [0.25, 0.3) is 5.91 Å². The maximum atomic E-state index is 13.1. The predicted octanol–water partition coefficient (Wildman–Crippen LogP) is 2.68. The number of ether oxygens (including phenoxy) is 1. The predicted molar refractivity (Wildman–Crippen MR) is 96.5 cm³/mol. The zero-order chi connectivity index (χ0) is 18.4. The van der Waals surface area contributed by atoms with E-state index in [4.69, 9.17) is 4.74 Å². The van der Waals surface area contributed by atoms with Crippen LogP contribution in [0.4, 0.5) is 0 Å². The Morgan fingerprint density at radius 3 is 2.28 bits per heavy atom. The maximum Gasteiger partial charge on any atom is 0.264 e. The number of nitrogens with zero attached hydrogens (tertiary/aromatic N) is 3. The van der Waals surface area contributed by atoms with Crippen LogP contribution in [0, 0.1) is 18.3 Å². The molecule has 2 atom stereocenters. The van der Waals surface area contributed by atoms with E-state index in [1.54, 1.807) is 0 Å².